The van der Waals surface area contributed by atoms with Crippen molar-refractivity contribution >= 4 is 22.6 Å². The van der Waals surface area contributed by atoms with Gasteiger partial charge in [0.1, 0.15) is 11.4 Å². The van der Waals surface area contributed by atoms with Gasteiger partial charge in [0.2, 0.25) is 0 Å². The molecule has 0 atom stereocenters. The summed E-state index contributed by atoms with van der Waals surface area (Å²) in [6, 6.07) is 7.24. The minimum Gasteiger partial charge on any atom is -0.497 e. The smallest absolute Gasteiger partial charge is 0.413 e. The second kappa shape index (κ2) is 7.05. The van der Waals surface area contributed by atoms with E-state index in [1.165, 1.54) is 16.2 Å². The molecule has 122 valence electrons. The molecule has 2 aromatic heterocycles. The molecule has 3 rings (SSSR count). The monoisotopic (exact) mass is 342 g/mol. The summed E-state index contributed by atoms with van der Waals surface area (Å²) in [6.07, 6.45) is 5.32. The number of thiazole rings is 1. The Morgan fingerprint density at radius 2 is 2.00 bits per heavy atom. The van der Waals surface area contributed by atoms with Crippen molar-refractivity contribution in [3.8, 4) is 16.3 Å². The van der Waals surface area contributed by atoms with Gasteiger partial charge in [-0.2, -0.15) is 0 Å². The quantitative estimate of drug-likeness (QED) is 0.765. The number of amides is 1. The summed E-state index contributed by atoms with van der Waals surface area (Å²) >= 11 is 1.26. The Morgan fingerprint density at radius 1 is 1.21 bits per heavy atom. The molecule has 8 heteroatoms. The number of anilines is 1. The largest absolute Gasteiger partial charge is 0.497 e. The zero-order valence-corrected chi connectivity index (χ0v) is 13.6. The van der Waals surface area contributed by atoms with Crippen molar-refractivity contribution in [3.63, 3.8) is 0 Å². The van der Waals surface area contributed by atoms with E-state index in [9.17, 15) is 9.90 Å². The molecule has 0 spiro atoms. The van der Waals surface area contributed by atoms with Crippen LogP contribution in [0.3, 0.4) is 0 Å². The van der Waals surface area contributed by atoms with Gasteiger partial charge in [0, 0.05) is 18.6 Å². The Balaban J connectivity index is 1.83. The zero-order chi connectivity index (χ0) is 16.9. The number of nitrogens with zero attached hydrogens (tertiary/aromatic N) is 4. The maximum Gasteiger partial charge on any atom is 0.413 e. The standard InChI is InChI=1S/C16H14N4O3S/c1-23-12-4-2-11(3-5-12)10-20(16(21)22)15-19-9-14(24-15)13-8-17-6-7-18-13/h2-9H,10H2,1H3,(H,21,22). The Bertz CT molecular complexity index is 821. The van der Waals surface area contributed by atoms with Crippen LogP contribution in [-0.4, -0.2) is 33.3 Å². The minimum absolute atomic E-state index is 0.201. The molecule has 3 aromatic rings. The van der Waals surface area contributed by atoms with E-state index in [0.29, 0.717) is 10.8 Å². The highest BCUT2D eigenvalue weighted by Gasteiger charge is 2.19. The molecule has 1 aromatic carbocycles. The van der Waals surface area contributed by atoms with Gasteiger partial charge in [0.05, 0.1) is 24.7 Å². The maximum absolute atomic E-state index is 11.6. The lowest BCUT2D eigenvalue weighted by atomic mass is 10.2. The van der Waals surface area contributed by atoms with Crippen molar-refractivity contribution in [2.45, 2.75) is 6.54 Å². The molecule has 0 fully saturated rings. The molecule has 24 heavy (non-hydrogen) atoms. The first kappa shape index (κ1) is 15.9. The molecule has 0 saturated heterocycles. The van der Waals surface area contributed by atoms with E-state index in [2.05, 4.69) is 15.0 Å². The summed E-state index contributed by atoms with van der Waals surface area (Å²) < 4.78 is 5.11. The number of ether oxygens (including phenoxy) is 1. The van der Waals surface area contributed by atoms with Crippen LogP contribution in [0.5, 0.6) is 5.75 Å². The highest BCUT2D eigenvalue weighted by molar-refractivity contribution is 7.19. The first-order valence-electron chi connectivity index (χ1n) is 7.03. The van der Waals surface area contributed by atoms with Crippen molar-refractivity contribution in [1.82, 2.24) is 15.0 Å². The topological polar surface area (TPSA) is 88.4 Å². The molecule has 1 N–H and O–H groups in total. The SMILES string of the molecule is COc1ccc(CN(C(=O)O)c2ncc(-c3cnccn3)s2)cc1. The highest BCUT2D eigenvalue weighted by Crippen LogP contribution is 2.30. The van der Waals surface area contributed by atoms with Gasteiger partial charge in [-0.25, -0.2) is 14.7 Å². The summed E-state index contributed by atoms with van der Waals surface area (Å²) in [5.41, 5.74) is 1.51. The number of aromatic nitrogens is 3. The van der Waals surface area contributed by atoms with Crippen LogP contribution in [0, 0.1) is 0 Å². The van der Waals surface area contributed by atoms with Crippen molar-refractivity contribution in [3.05, 3.63) is 54.6 Å². The van der Waals surface area contributed by atoms with Crippen LogP contribution in [-0.2, 0) is 6.54 Å². The van der Waals surface area contributed by atoms with Crippen LogP contribution < -0.4 is 9.64 Å². The number of hydrogen-bond acceptors (Lipinski definition) is 6. The van der Waals surface area contributed by atoms with Crippen molar-refractivity contribution in [1.29, 1.82) is 0 Å². The van der Waals surface area contributed by atoms with Gasteiger partial charge < -0.3 is 9.84 Å². The fraction of sp³-hybridized carbons (Fsp3) is 0.125. The molecule has 0 bridgehead atoms. The minimum atomic E-state index is -1.06. The van der Waals surface area contributed by atoms with Crippen molar-refractivity contribution in [2.24, 2.45) is 0 Å². The predicted octanol–water partition coefficient (Wildman–Crippen LogP) is 3.29. The normalized spacial score (nSPS) is 10.4. The first-order chi connectivity index (χ1) is 11.7. The number of benzene rings is 1. The van der Waals surface area contributed by atoms with E-state index in [1.54, 1.807) is 44.0 Å². The lowest BCUT2D eigenvalue weighted by Gasteiger charge is -2.16. The molecular formula is C16H14N4O3S. The molecule has 0 unspecified atom stereocenters. The molecule has 2 heterocycles. The molecule has 0 radical (unpaired) electrons. The fourth-order valence-electron chi connectivity index (χ4n) is 2.07. The zero-order valence-electron chi connectivity index (χ0n) is 12.8. The number of carbonyl (C=O) groups is 1. The average Bonchev–Trinajstić information content (AvgIpc) is 3.10. The number of hydrogen-bond donors (Lipinski definition) is 1. The Kier molecular flexibility index (Phi) is 4.66. The molecule has 0 saturated carbocycles. The fourth-order valence-corrected chi connectivity index (χ4v) is 2.94. The van der Waals surface area contributed by atoms with Gasteiger partial charge in [-0.05, 0) is 17.7 Å². The Labute approximate surface area is 142 Å². The Morgan fingerprint density at radius 3 is 2.62 bits per heavy atom. The van der Waals surface area contributed by atoms with Crippen molar-refractivity contribution in [2.75, 3.05) is 12.0 Å². The molecule has 0 aliphatic heterocycles. The van der Waals surface area contributed by atoms with Crippen LogP contribution in [0.4, 0.5) is 9.93 Å². The summed E-state index contributed by atoms with van der Waals surface area (Å²) in [7, 11) is 1.59. The third-order valence-electron chi connectivity index (χ3n) is 3.27. The van der Waals surface area contributed by atoms with E-state index >= 15 is 0 Å². The van der Waals surface area contributed by atoms with Crippen LogP contribution in [0.2, 0.25) is 0 Å². The van der Waals surface area contributed by atoms with Gasteiger partial charge in [-0.3, -0.25) is 9.97 Å². The molecular weight excluding hydrogens is 328 g/mol. The Hall–Kier alpha value is -3.00. The van der Waals surface area contributed by atoms with E-state index in [-0.39, 0.29) is 6.54 Å². The molecule has 0 aliphatic carbocycles. The predicted molar refractivity (Wildman–Crippen MR) is 90.3 cm³/mol. The van der Waals surface area contributed by atoms with Gasteiger partial charge in [-0.15, -0.1) is 0 Å². The first-order valence-corrected chi connectivity index (χ1v) is 7.84. The maximum atomic E-state index is 11.6. The summed E-state index contributed by atoms with van der Waals surface area (Å²) in [5.74, 6) is 0.722. The van der Waals surface area contributed by atoms with E-state index < -0.39 is 6.09 Å². The second-order valence-electron chi connectivity index (χ2n) is 4.81. The third-order valence-corrected chi connectivity index (χ3v) is 4.31. The third kappa shape index (κ3) is 3.49. The molecule has 0 aliphatic rings. The van der Waals surface area contributed by atoms with Crippen LogP contribution in [0.15, 0.2) is 49.1 Å². The van der Waals surface area contributed by atoms with E-state index in [4.69, 9.17) is 4.74 Å². The van der Waals surface area contributed by atoms with Gasteiger partial charge in [0.25, 0.3) is 0 Å². The van der Waals surface area contributed by atoms with Crippen LogP contribution >= 0.6 is 11.3 Å². The summed E-state index contributed by atoms with van der Waals surface area (Å²) in [5, 5.41) is 9.90. The van der Waals surface area contributed by atoms with Crippen LogP contribution in [0.1, 0.15) is 5.56 Å². The average molecular weight is 342 g/mol. The van der Waals surface area contributed by atoms with Gasteiger partial charge in [-0.1, -0.05) is 23.5 Å². The van der Waals surface area contributed by atoms with Gasteiger partial charge in [0.15, 0.2) is 5.13 Å². The summed E-state index contributed by atoms with van der Waals surface area (Å²) in [6.45, 7) is 0.201. The molecule has 7 nitrogen and oxygen atoms in total. The second-order valence-corrected chi connectivity index (χ2v) is 5.82. The highest BCUT2D eigenvalue weighted by atomic mass is 32.1. The lowest BCUT2D eigenvalue weighted by molar-refractivity contribution is 0.201. The number of rotatable bonds is 5. The van der Waals surface area contributed by atoms with E-state index in [0.717, 1.165) is 16.2 Å². The summed E-state index contributed by atoms with van der Waals surface area (Å²) in [4.78, 5) is 26.0. The molecule has 1 amide bonds. The van der Waals surface area contributed by atoms with Gasteiger partial charge >= 0.3 is 6.09 Å². The number of methoxy groups -OCH3 is 1. The lowest BCUT2D eigenvalue weighted by Crippen LogP contribution is -2.28. The van der Waals surface area contributed by atoms with Crippen molar-refractivity contribution < 1.29 is 14.6 Å². The van der Waals surface area contributed by atoms with Crippen LogP contribution in [0.25, 0.3) is 10.6 Å². The number of carboxylic acid groups (broad SMARTS) is 1. The van der Waals surface area contributed by atoms with E-state index in [1.807, 2.05) is 12.1 Å².